The number of carbonyl (C=O) groups excluding carboxylic acids is 1. The highest BCUT2D eigenvalue weighted by molar-refractivity contribution is 5.91. The molecule has 1 N–H and O–H groups in total. The summed E-state index contributed by atoms with van der Waals surface area (Å²) in [5.41, 5.74) is 0. The summed E-state index contributed by atoms with van der Waals surface area (Å²) in [5, 5.41) is 8.89. The van der Waals surface area contributed by atoms with Gasteiger partial charge in [-0.05, 0) is 24.8 Å². The second kappa shape index (κ2) is 4.96. The van der Waals surface area contributed by atoms with Crippen LogP contribution >= 0.6 is 0 Å². The van der Waals surface area contributed by atoms with Crippen LogP contribution in [-0.4, -0.2) is 34.5 Å². The van der Waals surface area contributed by atoms with Gasteiger partial charge in [0.05, 0.1) is 0 Å². The molecule has 4 nitrogen and oxygen atoms in total. The summed E-state index contributed by atoms with van der Waals surface area (Å²) in [5.74, 6) is -0.785. The van der Waals surface area contributed by atoms with Crippen LogP contribution in [0.4, 0.5) is 0 Å². The molecule has 0 aromatic rings. The Labute approximate surface area is 89.6 Å². The van der Waals surface area contributed by atoms with E-state index in [4.69, 9.17) is 5.11 Å². The summed E-state index contributed by atoms with van der Waals surface area (Å²) in [7, 11) is 0. The monoisotopic (exact) mass is 211 g/mol. The van der Waals surface area contributed by atoms with Gasteiger partial charge < -0.3 is 10.0 Å². The third-order valence-corrected chi connectivity index (χ3v) is 2.44. The standard InChI is InChI=1S/C11H17NO3/c1-8(2)5-6-10(13)12-7-3-4-9(12)11(14)15/h5-6,8-9H,3-4,7H2,1-2H3,(H,14,15)/b6-5+/t9-/m0/s1. The zero-order valence-electron chi connectivity index (χ0n) is 9.14. The highest BCUT2D eigenvalue weighted by Crippen LogP contribution is 2.17. The Morgan fingerprint density at radius 1 is 1.47 bits per heavy atom. The maximum atomic E-state index is 11.6. The van der Waals surface area contributed by atoms with E-state index in [1.165, 1.54) is 11.0 Å². The number of rotatable bonds is 3. The van der Waals surface area contributed by atoms with E-state index in [2.05, 4.69) is 0 Å². The molecule has 15 heavy (non-hydrogen) atoms. The van der Waals surface area contributed by atoms with Crippen LogP contribution in [0.5, 0.6) is 0 Å². The fourth-order valence-electron chi connectivity index (χ4n) is 1.66. The van der Waals surface area contributed by atoms with Gasteiger partial charge in [-0.15, -0.1) is 0 Å². The Morgan fingerprint density at radius 3 is 2.67 bits per heavy atom. The van der Waals surface area contributed by atoms with Crippen LogP contribution in [0.3, 0.4) is 0 Å². The van der Waals surface area contributed by atoms with Crippen molar-refractivity contribution in [3.05, 3.63) is 12.2 Å². The summed E-state index contributed by atoms with van der Waals surface area (Å²) in [6.07, 6.45) is 4.61. The van der Waals surface area contributed by atoms with E-state index in [1.54, 1.807) is 6.08 Å². The molecule has 1 saturated heterocycles. The van der Waals surface area contributed by atoms with Crippen molar-refractivity contribution < 1.29 is 14.7 Å². The van der Waals surface area contributed by atoms with Gasteiger partial charge in [0.25, 0.3) is 0 Å². The Morgan fingerprint density at radius 2 is 2.13 bits per heavy atom. The number of carboxylic acids is 1. The van der Waals surface area contributed by atoms with Crippen LogP contribution in [0.25, 0.3) is 0 Å². The smallest absolute Gasteiger partial charge is 0.326 e. The van der Waals surface area contributed by atoms with Gasteiger partial charge in [0, 0.05) is 6.54 Å². The van der Waals surface area contributed by atoms with Crippen molar-refractivity contribution in [3.8, 4) is 0 Å². The predicted molar refractivity (Wildman–Crippen MR) is 56.3 cm³/mol. The van der Waals surface area contributed by atoms with Gasteiger partial charge in [0.1, 0.15) is 6.04 Å². The van der Waals surface area contributed by atoms with E-state index < -0.39 is 12.0 Å². The summed E-state index contributed by atoms with van der Waals surface area (Å²) < 4.78 is 0. The molecule has 0 unspecified atom stereocenters. The molecule has 1 atom stereocenters. The molecule has 4 heteroatoms. The van der Waals surface area contributed by atoms with Crippen molar-refractivity contribution in [3.63, 3.8) is 0 Å². The van der Waals surface area contributed by atoms with Crippen molar-refractivity contribution in [2.75, 3.05) is 6.54 Å². The quantitative estimate of drug-likeness (QED) is 0.715. The number of aliphatic carboxylic acids is 1. The first kappa shape index (κ1) is 11.8. The maximum absolute atomic E-state index is 11.6. The van der Waals surface area contributed by atoms with Gasteiger partial charge in [-0.3, -0.25) is 4.79 Å². The molecular weight excluding hydrogens is 194 g/mol. The lowest BCUT2D eigenvalue weighted by Gasteiger charge is -2.19. The number of hydrogen-bond donors (Lipinski definition) is 1. The van der Waals surface area contributed by atoms with Gasteiger partial charge in [-0.1, -0.05) is 19.9 Å². The molecular formula is C11H17NO3. The Hall–Kier alpha value is -1.32. The lowest BCUT2D eigenvalue weighted by Crippen LogP contribution is -2.39. The Bertz CT molecular complexity index is 284. The van der Waals surface area contributed by atoms with E-state index in [0.29, 0.717) is 18.9 Å². The fourth-order valence-corrected chi connectivity index (χ4v) is 1.66. The third kappa shape index (κ3) is 3.08. The lowest BCUT2D eigenvalue weighted by molar-refractivity contribution is -0.146. The lowest BCUT2D eigenvalue weighted by atomic mass is 10.2. The Balaban J connectivity index is 2.63. The third-order valence-electron chi connectivity index (χ3n) is 2.44. The molecule has 0 radical (unpaired) electrons. The average Bonchev–Trinajstić information content (AvgIpc) is 2.62. The van der Waals surface area contributed by atoms with Crippen LogP contribution in [0.2, 0.25) is 0 Å². The summed E-state index contributed by atoms with van der Waals surface area (Å²) in [6.45, 7) is 4.50. The number of hydrogen-bond acceptors (Lipinski definition) is 2. The van der Waals surface area contributed by atoms with E-state index >= 15 is 0 Å². The topological polar surface area (TPSA) is 57.6 Å². The molecule has 0 aromatic carbocycles. The number of likely N-dealkylation sites (tertiary alicyclic amines) is 1. The second-order valence-electron chi connectivity index (χ2n) is 4.13. The second-order valence-corrected chi connectivity index (χ2v) is 4.13. The zero-order valence-corrected chi connectivity index (χ0v) is 9.14. The molecule has 84 valence electrons. The number of carbonyl (C=O) groups is 2. The molecule has 0 saturated carbocycles. The zero-order chi connectivity index (χ0) is 11.4. The molecule has 0 aromatic heterocycles. The molecule has 1 rings (SSSR count). The molecule has 0 aliphatic carbocycles. The summed E-state index contributed by atoms with van der Waals surface area (Å²) in [6, 6.07) is -0.630. The van der Waals surface area contributed by atoms with Gasteiger partial charge >= 0.3 is 5.97 Å². The van der Waals surface area contributed by atoms with Crippen LogP contribution in [-0.2, 0) is 9.59 Å². The normalized spacial score (nSPS) is 21.5. The first-order valence-electron chi connectivity index (χ1n) is 5.24. The highest BCUT2D eigenvalue weighted by Gasteiger charge is 2.32. The number of carboxylic acid groups (broad SMARTS) is 1. The minimum absolute atomic E-state index is 0.186. The van der Waals surface area contributed by atoms with Crippen molar-refractivity contribution in [2.24, 2.45) is 5.92 Å². The van der Waals surface area contributed by atoms with E-state index in [0.717, 1.165) is 6.42 Å². The first-order chi connectivity index (χ1) is 7.02. The summed E-state index contributed by atoms with van der Waals surface area (Å²) >= 11 is 0. The van der Waals surface area contributed by atoms with Crippen molar-refractivity contribution in [2.45, 2.75) is 32.7 Å². The molecule has 1 amide bonds. The Kier molecular flexibility index (Phi) is 3.88. The van der Waals surface area contributed by atoms with Gasteiger partial charge in [-0.25, -0.2) is 4.79 Å². The molecule has 1 heterocycles. The van der Waals surface area contributed by atoms with Crippen LogP contribution in [0.1, 0.15) is 26.7 Å². The van der Waals surface area contributed by atoms with Crippen molar-refractivity contribution in [1.29, 1.82) is 0 Å². The molecule has 1 fully saturated rings. The van der Waals surface area contributed by atoms with E-state index in [9.17, 15) is 9.59 Å². The SMILES string of the molecule is CC(C)/C=C/C(=O)N1CCC[C@H]1C(=O)O. The predicted octanol–water partition coefficient (Wildman–Crippen LogP) is 1.27. The largest absolute Gasteiger partial charge is 0.480 e. The van der Waals surface area contributed by atoms with Crippen molar-refractivity contribution in [1.82, 2.24) is 4.90 Å². The first-order valence-corrected chi connectivity index (χ1v) is 5.24. The van der Waals surface area contributed by atoms with Gasteiger partial charge in [0.2, 0.25) is 5.91 Å². The maximum Gasteiger partial charge on any atom is 0.326 e. The molecule has 0 bridgehead atoms. The van der Waals surface area contributed by atoms with E-state index in [-0.39, 0.29) is 5.91 Å². The molecule has 0 spiro atoms. The van der Waals surface area contributed by atoms with Crippen LogP contribution < -0.4 is 0 Å². The summed E-state index contributed by atoms with van der Waals surface area (Å²) in [4.78, 5) is 23.9. The van der Waals surface area contributed by atoms with Gasteiger partial charge in [-0.2, -0.15) is 0 Å². The minimum Gasteiger partial charge on any atom is -0.480 e. The highest BCUT2D eigenvalue weighted by atomic mass is 16.4. The van der Waals surface area contributed by atoms with E-state index in [1.807, 2.05) is 13.8 Å². The van der Waals surface area contributed by atoms with Crippen molar-refractivity contribution >= 4 is 11.9 Å². The average molecular weight is 211 g/mol. The number of allylic oxidation sites excluding steroid dienone is 1. The van der Waals surface area contributed by atoms with Crippen LogP contribution in [0, 0.1) is 5.92 Å². The number of amides is 1. The van der Waals surface area contributed by atoms with Gasteiger partial charge in [0.15, 0.2) is 0 Å². The molecule has 1 aliphatic heterocycles. The fraction of sp³-hybridized carbons (Fsp3) is 0.636. The number of nitrogens with zero attached hydrogens (tertiary/aromatic N) is 1. The molecule has 1 aliphatic rings. The minimum atomic E-state index is -0.904. The van der Waals surface area contributed by atoms with Crippen LogP contribution in [0.15, 0.2) is 12.2 Å².